The summed E-state index contributed by atoms with van der Waals surface area (Å²) in [4.78, 5) is 37.1. The van der Waals surface area contributed by atoms with E-state index >= 15 is 0 Å². The number of hydrogen-bond donors (Lipinski definition) is 1. The average Bonchev–Trinajstić information content (AvgIpc) is 2.97. The Labute approximate surface area is 158 Å². The second-order valence-electron chi connectivity index (χ2n) is 7.34. The van der Waals surface area contributed by atoms with Crippen LogP contribution in [0.15, 0.2) is 22.6 Å². The van der Waals surface area contributed by atoms with Crippen molar-refractivity contribution in [2.24, 2.45) is 0 Å². The van der Waals surface area contributed by atoms with Crippen LogP contribution in [0.3, 0.4) is 0 Å². The number of Topliss-reactive ketones (excluding diaryl/α,β-unsaturated/α-hetero) is 1. The summed E-state index contributed by atoms with van der Waals surface area (Å²) in [6.07, 6.45) is 2.69. The van der Waals surface area contributed by atoms with Crippen molar-refractivity contribution in [1.29, 1.82) is 0 Å². The number of piperidine rings is 1. The maximum absolute atomic E-state index is 12.7. The highest BCUT2D eigenvalue weighted by Gasteiger charge is 2.25. The number of benzene rings is 1. The predicted molar refractivity (Wildman–Crippen MR) is 103 cm³/mol. The van der Waals surface area contributed by atoms with Crippen LogP contribution < -0.4 is 5.32 Å². The Kier molecular flexibility index (Phi) is 5.63. The van der Waals surface area contributed by atoms with Gasteiger partial charge in [0.05, 0.1) is 0 Å². The minimum absolute atomic E-state index is 0.0480. The third-order valence-corrected chi connectivity index (χ3v) is 5.25. The van der Waals surface area contributed by atoms with Gasteiger partial charge in [0.2, 0.25) is 5.91 Å². The number of hydrogen-bond acceptors (Lipinski definition) is 4. The summed E-state index contributed by atoms with van der Waals surface area (Å²) in [5.74, 6) is 0.362. The Hall–Kier alpha value is -2.63. The van der Waals surface area contributed by atoms with Crippen molar-refractivity contribution in [3.05, 3.63) is 35.1 Å². The summed E-state index contributed by atoms with van der Waals surface area (Å²) in [6.45, 7) is 6.37. The molecule has 0 spiro atoms. The Morgan fingerprint density at radius 2 is 1.89 bits per heavy atom. The van der Waals surface area contributed by atoms with E-state index < -0.39 is 0 Å². The van der Waals surface area contributed by atoms with Gasteiger partial charge in [-0.1, -0.05) is 6.07 Å². The van der Waals surface area contributed by atoms with Gasteiger partial charge in [-0.15, -0.1) is 0 Å². The molecule has 1 aliphatic heterocycles. The molecule has 2 aromatic rings. The molecule has 6 nitrogen and oxygen atoms in total. The van der Waals surface area contributed by atoms with E-state index in [-0.39, 0.29) is 23.6 Å². The monoisotopic (exact) mass is 370 g/mol. The van der Waals surface area contributed by atoms with E-state index in [4.69, 9.17) is 4.42 Å². The molecule has 1 N–H and O–H groups in total. The van der Waals surface area contributed by atoms with Crippen LogP contribution in [0.25, 0.3) is 11.0 Å². The largest absolute Gasteiger partial charge is 0.451 e. The topological polar surface area (TPSA) is 79.6 Å². The molecule has 6 heteroatoms. The van der Waals surface area contributed by atoms with Crippen molar-refractivity contribution < 1.29 is 18.8 Å². The fourth-order valence-corrected chi connectivity index (χ4v) is 3.55. The zero-order chi connectivity index (χ0) is 19.6. The number of carbonyl (C=O) groups is 3. The van der Waals surface area contributed by atoms with Crippen LogP contribution in [0, 0.1) is 6.92 Å². The lowest BCUT2D eigenvalue weighted by Gasteiger charge is -2.31. The van der Waals surface area contributed by atoms with Crippen LogP contribution in [0.5, 0.6) is 0 Å². The van der Waals surface area contributed by atoms with Crippen LogP contribution >= 0.6 is 0 Å². The second-order valence-corrected chi connectivity index (χ2v) is 7.34. The number of likely N-dealkylation sites (tertiary alicyclic amines) is 1. The first-order valence-electron chi connectivity index (χ1n) is 9.43. The molecule has 0 saturated carbocycles. The second kappa shape index (κ2) is 7.94. The van der Waals surface area contributed by atoms with E-state index in [9.17, 15) is 14.4 Å². The van der Waals surface area contributed by atoms with Crippen molar-refractivity contribution in [1.82, 2.24) is 10.2 Å². The molecule has 0 atom stereocenters. The van der Waals surface area contributed by atoms with Crippen LogP contribution in [-0.4, -0.2) is 41.6 Å². The van der Waals surface area contributed by atoms with Gasteiger partial charge in [-0.3, -0.25) is 9.59 Å². The molecule has 2 amide bonds. The molecule has 1 aromatic heterocycles. The van der Waals surface area contributed by atoms with Gasteiger partial charge < -0.3 is 19.4 Å². The average molecular weight is 370 g/mol. The molecule has 1 aromatic carbocycles. The lowest BCUT2D eigenvalue weighted by molar-refractivity contribution is -0.129. The molecule has 3 rings (SSSR count). The normalized spacial score (nSPS) is 15.1. The van der Waals surface area contributed by atoms with Crippen molar-refractivity contribution >= 4 is 28.6 Å². The molecule has 27 heavy (non-hydrogen) atoms. The number of fused-ring (bicyclic) bond motifs is 1. The molecule has 1 fully saturated rings. The number of rotatable bonds is 5. The number of amides is 2. The summed E-state index contributed by atoms with van der Waals surface area (Å²) in [5, 5.41) is 3.95. The van der Waals surface area contributed by atoms with Crippen molar-refractivity contribution in [3.63, 3.8) is 0 Å². The van der Waals surface area contributed by atoms with Gasteiger partial charge in [0.1, 0.15) is 11.4 Å². The van der Waals surface area contributed by atoms with Crippen molar-refractivity contribution in [2.45, 2.75) is 52.5 Å². The Balaban J connectivity index is 1.70. The maximum atomic E-state index is 12.7. The highest BCUT2D eigenvalue weighted by atomic mass is 16.3. The Morgan fingerprint density at radius 1 is 1.19 bits per heavy atom. The highest BCUT2D eigenvalue weighted by molar-refractivity contribution is 5.99. The van der Waals surface area contributed by atoms with Gasteiger partial charge in [0.25, 0.3) is 5.91 Å². The van der Waals surface area contributed by atoms with Gasteiger partial charge in [0.15, 0.2) is 5.76 Å². The first kappa shape index (κ1) is 19.1. The fourth-order valence-electron chi connectivity index (χ4n) is 3.55. The van der Waals surface area contributed by atoms with Gasteiger partial charge in [0, 0.05) is 43.4 Å². The summed E-state index contributed by atoms with van der Waals surface area (Å²) >= 11 is 0. The van der Waals surface area contributed by atoms with E-state index in [1.165, 1.54) is 0 Å². The van der Waals surface area contributed by atoms with Gasteiger partial charge >= 0.3 is 0 Å². The third kappa shape index (κ3) is 4.38. The minimum Gasteiger partial charge on any atom is -0.451 e. The summed E-state index contributed by atoms with van der Waals surface area (Å²) < 4.78 is 5.80. The number of furan rings is 1. The predicted octanol–water partition coefficient (Wildman–Crippen LogP) is 3.00. The molecule has 2 heterocycles. The molecule has 0 radical (unpaired) electrons. The summed E-state index contributed by atoms with van der Waals surface area (Å²) in [6, 6.07) is 5.85. The van der Waals surface area contributed by atoms with E-state index in [0.717, 1.165) is 29.4 Å². The molecule has 1 aliphatic rings. The lowest BCUT2D eigenvalue weighted by atomic mass is 10.0. The Morgan fingerprint density at radius 3 is 2.52 bits per heavy atom. The van der Waals surface area contributed by atoms with Gasteiger partial charge in [-0.2, -0.15) is 0 Å². The molecule has 0 bridgehead atoms. The molecule has 1 saturated heterocycles. The van der Waals surface area contributed by atoms with Gasteiger partial charge in [-0.25, -0.2) is 0 Å². The molecule has 0 aliphatic carbocycles. The smallest absolute Gasteiger partial charge is 0.287 e. The molecule has 0 unspecified atom stereocenters. The first-order chi connectivity index (χ1) is 12.8. The first-order valence-corrected chi connectivity index (χ1v) is 9.43. The lowest BCUT2D eigenvalue weighted by Crippen LogP contribution is -2.46. The van der Waals surface area contributed by atoms with E-state index in [1.807, 2.05) is 25.1 Å². The number of carbonyl (C=O) groups excluding carboxylic acids is 3. The molecular formula is C21H26N2O4. The third-order valence-electron chi connectivity index (χ3n) is 5.25. The van der Waals surface area contributed by atoms with E-state index in [0.29, 0.717) is 37.3 Å². The quantitative estimate of drug-likeness (QED) is 0.877. The zero-order valence-corrected chi connectivity index (χ0v) is 16.1. The van der Waals surface area contributed by atoms with Crippen LogP contribution in [0.1, 0.15) is 54.8 Å². The number of nitrogens with zero attached hydrogens (tertiary/aromatic N) is 1. The van der Waals surface area contributed by atoms with Crippen LogP contribution in [0.4, 0.5) is 0 Å². The highest BCUT2D eigenvalue weighted by Crippen LogP contribution is 2.27. The SMILES string of the molecule is CC(=O)CCc1ccc2oc(C(=O)NC3CCN(C(C)=O)CC3)c(C)c2c1. The van der Waals surface area contributed by atoms with Crippen molar-refractivity contribution in [2.75, 3.05) is 13.1 Å². The van der Waals surface area contributed by atoms with Crippen molar-refractivity contribution in [3.8, 4) is 0 Å². The molecular weight excluding hydrogens is 344 g/mol. The van der Waals surface area contributed by atoms with Crippen LogP contribution in [-0.2, 0) is 16.0 Å². The number of ketones is 1. The standard InChI is InChI=1S/C21H26N2O4/c1-13(24)4-5-16-6-7-19-18(12-16)14(2)20(27-19)21(26)22-17-8-10-23(11-9-17)15(3)25/h6-7,12,17H,4-5,8-11H2,1-3H3,(H,22,26). The van der Waals surface area contributed by atoms with E-state index in [1.54, 1.807) is 18.7 Å². The van der Waals surface area contributed by atoms with Gasteiger partial charge in [-0.05, 0) is 50.8 Å². The zero-order valence-electron chi connectivity index (χ0n) is 16.1. The summed E-state index contributed by atoms with van der Waals surface area (Å²) in [5.41, 5.74) is 2.55. The maximum Gasteiger partial charge on any atom is 0.287 e. The fraction of sp³-hybridized carbons (Fsp3) is 0.476. The Bertz CT molecular complexity index is 876. The number of aryl methyl sites for hydroxylation is 2. The minimum atomic E-state index is -0.213. The molecule has 144 valence electrons. The summed E-state index contributed by atoms with van der Waals surface area (Å²) in [7, 11) is 0. The van der Waals surface area contributed by atoms with E-state index in [2.05, 4.69) is 5.32 Å². The number of nitrogens with one attached hydrogen (secondary N) is 1. The van der Waals surface area contributed by atoms with Crippen LogP contribution in [0.2, 0.25) is 0 Å².